The van der Waals surface area contributed by atoms with E-state index in [1.165, 1.54) is 5.56 Å². The standard InChI is InChI=1S/C19H24N2OS/c1-4-14(2)16-7-9-17(10-8-16)21-19(23)20-13-15-5-11-18(22-3)12-6-15/h5-12,14H,4,13H2,1-3H3,(H2,20,21,23)/t14-/m1/s1. The van der Waals surface area contributed by atoms with Gasteiger partial charge in [0, 0.05) is 12.2 Å². The lowest BCUT2D eigenvalue weighted by molar-refractivity contribution is 0.414. The Labute approximate surface area is 144 Å². The quantitative estimate of drug-likeness (QED) is 0.753. The van der Waals surface area contributed by atoms with Crippen LogP contribution in [0.25, 0.3) is 0 Å². The molecule has 1 atom stereocenters. The Morgan fingerprint density at radius 1 is 1.09 bits per heavy atom. The van der Waals surface area contributed by atoms with E-state index in [1.807, 2.05) is 24.3 Å². The van der Waals surface area contributed by atoms with Crippen molar-refractivity contribution in [3.63, 3.8) is 0 Å². The monoisotopic (exact) mass is 328 g/mol. The van der Waals surface area contributed by atoms with Gasteiger partial charge in [0.25, 0.3) is 0 Å². The number of ether oxygens (including phenoxy) is 1. The van der Waals surface area contributed by atoms with Gasteiger partial charge in [-0.3, -0.25) is 0 Å². The summed E-state index contributed by atoms with van der Waals surface area (Å²) in [4.78, 5) is 0. The van der Waals surface area contributed by atoms with E-state index in [1.54, 1.807) is 7.11 Å². The van der Waals surface area contributed by atoms with Gasteiger partial charge in [0.15, 0.2) is 5.11 Å². The minimum atomic E-state index is 0.587. The van der Waals surface area contributed by atoms with Gasteiger partial charge >= 0.3 is 0 Å². The normalized spacial score (nSPS) is 11.6. The summed E-state index contributed by atoms with van der Waals surface area (Å²) in [7, 11) is 1.67. The van der Waals surface area contributed by atoms with Gasteiger partial charge in [-0.05, 0) is 59.9 Å². The number of hydrogen-bond acceptors (Lipinski definition) is 2. The van der Waals surface area contributed by atoms with E-state index in [-0.39, 0.29) is 0 Å². The van der Waals surface area contributed by atoms with E-state index < -0.39 is 0 Å². The summed E-state index contributed by atoms with van der Waals surface area (Å²) in [6.07, 6.45) is 1.15. The number of hydrogen-bond donors (Lipinski definition) is 2. The van der Waals surface area contributed by atoms with Gasteiger partial charge in [0.05, 0.1) is 7.11 Å². The lowest BCUT2D eigenvalue weighted by atomic mass is 9.99. The molecule has 2 aromatic rings. The molecule has 0 fully saturated rings. The first kappa shape index (κ1) is 17.3. The number of methoxy groups -OCH3 is 1. The zero-order valence-corrected chi connectivity index (χ0v) is 14.7. The summed E-state index contributed by atoms with van der Waals surface area (Å²) in [5, 5.41) is 7.05. The Bertz CT molecular complexity index is 623. The van der Waals surface area contributed by atoms with E-state index in [4.69, 9.17) is 17.0 Å². The largest absolute Gasteiger partial charge is 0.497 e. The second-order valence-electron chi connectivity index (χ2n) is 5.59. The Hall–Kier alpha value is -2.07. The van der Waals surface area contributed by atoms with Gasteiger partial charge < -0.3 is 15.4 Å². The molecule has 23 heavy (non-hydrogen) atoms. The molecule has 0 unspecified atom stereocenters. The van der Waals surface area contributed by atoms with Crippen LogP contribution in [0.2, 0.25) is 0 Å². The first-order chi connectivity index (χ1) is 11.1. The molecule has 0 aliphatic heterocycles. The van der Waals surface area contributed by atoms with Crippen LogP contribution in [0.5, 0.6) is 5.75 Å². The Morgan fingerprint density at radius 2 is 1.74 bits per heavy atom. The number of nitrogens with one attached hydrogen (secondary N) is 2. The van der Waals surface area contributed by atoms with Crippen LogP contribution in [0, 0.1) is 0 Å². The van der Waals surface area contributed by atoms with E-state index in [2.05, 4.69) is 48.7 Å². The van der Waals surface area contributed by atoms with E-state index in [0.29, 0.717) is 17.6 Å². The third kappa shape index (κ3) is 5.25. The smallest absolute Gasteiger partial charge is 0.171 e. The molecular weight excluding hydrogens is 304 g/mol. The minimum absolute atomic E-state index is 0.587. The molecule has 0 saturated heterocycles. The summed E-state index contributed by atoms with van der Waals surface area (Å²) in [5.74, 6) is 1.44. The number of rotatable bonds is 6. The van der Waals surface area contributed by atoms with Crippen LogP contribution in [0.15, 0.2) is 48.5 Å². The topological polar surface area (TPSA) is 33.3 Å². The molecule has 2 N–H and O–H groups in total. The third-order valence-corrected chi connectivity index (χ3v) is 4.21. The average molecular weight is 328 g/mol. The van der Waals surface area contributed by atoms with Gasteiger partial charge in [0.1, 0.15) is 5.75 Å². The lowest BCUT2D eigenvalue weighted by Crippen LogP contribution is -2.27. The molecule has 122 valence electrons. The zero-order valence-electron chi connectivity index (χ0n) is 13.9. The van der Waals surface area contributed by atoms with Crippen LogP contribution in [0.4, 0.5) is 5.69 Å². The van der Waals surface area contributed by atoms with Crippen LogP contribution in [0.1, 0.15) is 37.3 Å². The van der Waals surface area contributed by atoms with Gasteiger partial charge in [-0.1, -0.05) is 38.1 Å². The van der Waals surface area contributed by atoms with Crippen LogP contribution in [-0.4, -0.2) is 12.2 Å². The van der Waals surface area contributed by atoms with Crippen LogP contribution < -0.4 is 15.4 Å². The van der Waals surface area contributed by atoms with Crippen molar-refractivity contribution in [1.29, 1.82) is 0 Å². The molecule has 0 radical (unpaired) electrons. The summed E-state index contributed by atoms with van der Waals surface area (Å²) in [5.41, 5.74) is 3.52. The molecule has 0 aliphatic carbocycles. The van der Waals surface area contributed by atoms with Crippen molar-refractivity contribution in [1.82, 2.24) is 5.32 Å². The van der Waals surface area contributed by atoms with Crippen molar-refractivity contribution >= 4 is 23.0 Å². The molecule has 0 heterocycles. The molecule has 0 aliphatic rings. The van der Waals surface area contributed by atoms with Crippen molar-refractivity contribution in [2.75, 3.05) is 12.4 Å². The van der Waals surface area contributed by atoms with Crippen LogP contribution >= 0.6 is 12.2 Å². The number of anilines is 1. The van der Waals surface area contributed by atoms with E-state index >= 15 is 0 Å². The highest BCUT2D eigenvalue weighted by Gasteiger charge is 2.03. The Balaban J connectivity index is 1.84. The third-order valence-electron chi connectivity index (χ3n) is 3.96. The molecular formula is C19H24N2OS. The van der Waals surface area contributed by atoms with Crippen molar-refractivity contribution in [2.45, 2.75) is 32.7 Å². The number of thiocarbonyl (C=S) groups is 1. The SMILES string of the molecule is CC[C@@H](C)c1ccc(NC(=S)NCc2ccc(OC)cc2)cc1. The first-order valence-corrected chi connectivity index (χ1v) is 8.31. The molecule has 0 saturated carbocycles. The second kappa shape index (κ2) is 8.53. The number of benzene rings is 2. The highest BCUT2D eigenvalue weighted by molar-refractivity contribution is 7.80. The second-order valence-corrected chi connectivity index (χ2v) is 6.00. The van der Waals surface area contributed by atoms with Crippen molar-refractivity contribution in [3.05, 3.63) is 59.7 Å². The average Bonchev–Trinajstić information content (AvgIpc) is 2.60. The van der Waals surface area contributed by atoms with Crippen molar-refractivity contribution < 1.29 is 4.74 Å². The molecule has 0 bridgehead atoms. The predicted octanol–water partition coefficient (Wildman–Crippen LogP) is 4.70. The Kier molecular flexibility index (Phi) is 6.41. The fraction of sp³-hybridized carbons (Fsp3) is 0.316. The molecule has 3 nitrogen and oxygen atoms in total. The first-order valence-electron chi connectivity index (χ1n) is 7.90. The van der Waals surface area contributed by atoms with Gasteiger partial charge in [0.2, 0.25) is 0 Å². The molecule has 0 amide bonds. The fourth-order valence-corrected chi connectivity index (χ4v) is 2.42. The van der Waals surface area contributed by atoms with Crippen LogP contribution in [-0.2, 0) is 6.54 Å². The zero-order chi connectivity index (χ0) is 16.7. The van der Waals surface area contributed by atoms with Gasteiger partial charge in [-0.25, -0.2) is 0 Å². The van der Waals surface area contributed by atoms with Gasteiger partial charge in [-0.15, -0.1) is 0 Å². The minimum Gasteiger partial charge on any atom is -0.497 e. The highest BCUT2D eigenvalue weighted by Crippen LogP contribution is 2.20. The predicted molar refractivity (Wildman–Crippen MR) is 101 cm³/mol. The fourth-order valence-electron chi connectivity index (χ4n) is 2.23. The van der Waals surface area contributed by atoms with Crippen LogP contribution in [0.3, 0.4) is 0 Å². The highest BCUT2D eigenvalue weighted by atomic mass is 32.1. The Morgan fingerprint density at radius 3 is 2.30 bits per heavy atom. The molecule has 0 spiro atoms. The van der Waals surface area contributed by atoms with Crippen molar-refractivity contribution in [2.24, 2.45) is 0 Å². The maximum atomic E-state index is 5.34. The van der Waals surface area contributed by atoms with Crippen molar-refractivity contribution in [3.8, 4) is 5.75 Å². The molecule has 2 rings (SSSR count). The lowest BCUT2D eigenvalue weighted by Gasteiger charge is -2.13. The summed E-state index contributed by atoms with van der Waals surface area (Å²) in [6, 6.07) is 16.4. The summed E-state index contributed by atoms with van der Waals surface area (Å²) in [6.45, 7) is 5.12. The maximum absolute atomic E-state index is 5.34. The molecule has 0 aromatic heterocycles. The maximum Gasteiger partial charge on any atom is 0.171 e. The summed E-state index contributed by atoms with van der Waals surface area (Å²) < 4.78 is 5.15. The summed E-state index contributed by atoms with van der Waals surface area (Å²) >= 11 is 5.34. The molecule has 2 aromatic carbocycles. The molecule has 4 heteroatoms. The van der Waals surface area contributed by atoms with E-state index in [9.17, 15) is 0 Å². The van der Waals surface area contributed by atoms with E-state index in [0.717, 1.165) is 23.4 Å². The van der Waals surface area contributed by atoms with Gasteiger partial charge in [-0.2, -0.15) is 0 Å².